The highest BCUT2D eigenvalue weighted by Gasteiger charge is 2.12. The summed E-state index contributed by atoms with van der Waals surface area (Å²) in [5, 5.41) is 11.9. The van der Waals surface area contributed by atoms with Crippen molar-refractivity contribution in [3.05, 3.63) is 54.0 Å². The van der Waals surface area contributed by atoms with Gasteiger partial charge in [0.1, 0.15) is 11.5 Å². The normalized spacial score (nSPS) is 11.9. The molecule has 0 bridgehead atoms. The Balaban J connectivity index is 1.86. The van der Waals surface area contributed by atoms with Gasteiger partial charge in [-0.1, -0.05) is 18.2 Å². The molecule has 5 heteroatoms. The summed E-state index contributed by atoms with van der Waals surface area (Å²) >= 11 is 0. The van der Waals surface area contributed by atoms with Crippen LogP contribution in [-0.4, -0.2) is 17.6 Å². The van der Waals surface area contributed by atoms with E-state index in [1.165, 1.54) is 0 Å². The van der Waals surface area contributed by atoms with Crippen molar-refractivity contribution in [1.29, 1.82) is 0 Å². The molecule has 0 saturated carbocycles. The Hall–Kier alpha value is -2.27. The Morgan fingerprint density at radius 2 is 2.15 bits per heavy atom. The number of furan rings is 1. The molecular formula is C15H17NO4. The largest absolute Gasteiger partial charge is 0.483 e. The lowest BCUT2D eigenvalue weighted by atomic mass is 10.2. The van der Waals surface area contributed by atoms with Gasteiger partial charge in [0.2, 0.25) is 0 Å². The third-order valence-corrected chi connectivity index (χ3v) is 2.85. The first-order valence-corrected chi connectivity index (χ1v) is 6.35. The zero-order chi connectivity index (χ0) is 14.4. The van der Waals surface area contributed by atoms with Gasteiger partial charge in [0, 0.05) is 5.56 Å². The summed E-state index contributed by atoms with van der Waals surface area (Å²) in [6.07, 6.45) is 1.56. The molecule has 2 N–H and O–H groups in total. The van der Waals surface area contributed by atoms with Crippen molar-refractivity contribution in [2.75, 3.05) is 6.61 Å². The van der Waals surface area contributed by atoms with Gasteiger partial charge in [0.15, 0.2) is 6.61 Å². The van der Waals surface area contributed by atoms with Crippen LogP contribution < -0.4 is 10.1 Å². The van der Waals surface area contributed by atoms with Crippen molar-refractivity contribution in [1.82, 2.24) is 5.32 Å². The highest BCUT2D eigenvalue weighted by Crippen LogP contribution is 2.17. The van der Waals surface area contributed by atoms with Gasteiger partial charge < -0.3 is 19.6 Å². The molecule has 0 saturated heterocycles. The van der Waals surface area contributed by atoms with Gasteiger partial charge in [-0.2, -0.15) is 0 Å². The standard InChI is InChI=1S/C15H17NO4/c1-11(13-7-4-8-19-13)16-15(18)10-20-14-6-3-2-5-12(14)9-17/h2-8,11,17H,9-10H2,1H3,(H,16,18). The van der Waals surface area contributed by atoms with Gasteiger partial charge in [-0.25, -0.2) is 0 Å². The molecular weight excluding hydrogens is 258 g/mol. The fourth-order valence-electron chi connectivity index (χ4n) is 1.81. The molecule has 1 atom stereocenters. The highest BCUT2D eigenvalue weighted by atomic mass is 16.5. The Bertz CT molecular complexity index is 551. The minimum atomic E-state index is -0.248. The number of amides is 1. The lowest BCUT2D eigenvalue weighted by molar-refractivity contribution is -0.123. The highest BCUT2D eigenvalue weighted by molar-refractivity contribution is 5.77. The summed E-state index contributed by atoms with van der Waals surface area (Å²) in [5.74, 6) is 0.951. The van der Waals surface area contributed by atoms with Gasteiger partial charge in [-0.15, -0.1) is 0 Å². The van der Waals surface area contributed by atoms with Gasteiger partial charge in [0.25, 0.3) is 5.91 Å². The fourth-order valence-corrected chi connectivity index (χ4v) is 1.81. The van der Waals surface area contributed by atoms with Gasteiger partial charge in [-0.05, 0) is 25.1 Å². The Kier molecular flexibility index (Phi) is 4.79. The third-order valence-electron chi connectivity index (χ3n) is 2.85. The van der Waals surface area contributed by atoms with Crippen molar-refractivity contribution in [3.63, 3.8) is 0 Å². The number of benzene rings is 1. The maximum atomic E-state index is 11.8. The number of carbonyl (C=O) groups is 1. The second-order valence-corrected chi connectivity index (χ2v) is 4.36. The van der Waals surface area contributed by atoms with E-state index in [1.807, 2.05) is 6.92 Å². The summed E-state index contributed by atoms with van der Waals surface area (Å²) in [5.41, 5.74) is 0.652. The van der Waals surface area contributed by atoms with E-state index in [0.29, 0.717) is 17.1 Å². The van der Waals surface area contributed by atoms with Crippen LogP contribution in [-0.2, 0) is 11.4 Å². The molecule has 5 nitrogen and oxygen atoms in total. The quantitative estimate of drug-likeness (QED) is 0.846. The molecule has 106 valence electrons. The Morgan fingerprint density at radius 1 is 1.35 bits per heavy atom. The van der Waals surface area contributed by atoms with Crippen LogP contribution in [0.25, 0.3) is 0 Å². The van der Waals surface area contributed by atoms with Gasteiger partial charge in [0.05, 0.1) is 18.9 Å². The first-order chi connectivity index (χ1) is 9.70. The van der Waals surface area contributed by atoms with E-state index in [2.05, 4.69) is 5.32 Å². The van der Waals surface area contributed by atoms with E-state index in [1.54, 1.807) is 42.7 Å². The van der Waals surface area contributed by atoms with Crippen LogP contribution in [0.5, 0.6) is 5.75 Å². The van der Waals surface area contributed by atoms with E-state index >= 15 is 0 Å². The average molecular weight is 275 g/mol. The molecule has 1 amide bonds. The van der Waals surface area contributed by atoms with E-state index < -0.39 is 0 Å². The molecule has 0 fully saturated rings. The minimum Gasteiger partial charge on any atom is -0.483 e. The maximum Gasteiger partial charge on any atom is 0.258 e. The Labute approximate surface area is 117 Å². The maximum absolute atomic E-state index is 11.8. The van der Waals surface area contributed by atoms with Crippen LogP contribution in [0.1, 0.15) is 24.3 Å². The molecule has 0 radical (unpaired) electrons. The van der Waals surface area contributed by atoms with E-state index in [4.69, 9.17) is 14.3 Å². The first-order valence-electron chi connectivity index (χ1n) is 6.35. The number of nitrogens with one attached hydrogen (secondary N) is 1. The number of ether oxygens (including phenoxy) is 1. The van der Waals surface area contributed by atoms with Crippen LogP contribution in [0.4, 0.5) is 0 Å². The summed E-state index contributed by atoms with van der Waals surface area (Å²) in [7, 11) is 0. The minimum absolute atomic E-state index is 0.109. The van der Waals surface area contributed by atoms with Crippen LogP contribution in [0.15, 0.2) is 47.1 Å². The van der Waals surface area contributed by atoms with Crippen molar-refractivity contribution in [2.45, 2.75) is 19.6 Å². The van der Waals surface area contributed by atoms with Crippen molar-refractivity contribution < 1.29 is 19.1 Å². The number of hydrogen-bond acceptors (Lipinski definition) is 4. The molecule has 0 aliphatic carbocycles. The van der Waals surface area contributed by atoms with Crippen molar-refractivity contribution >= 4 is 5.91 Å². The van der Waals surface area contributed by atoms with E-state index in [9.17, 15) is 4.79 Å². The predicted molar refractivity (Wildman–Crippen MR) is 73.1 cm³/mol. The van der Waals surface area contributed by atoms with Crippen LogP contribution in [0.3, 0.4) is 0 Å². The lowest BCUT2D eigenvalue weighted by Crippen LogP contribution is -2.31. The molecule has 0 spiro atoms. The van der Waals surface area contributed by atoms with Crippen molar-refractivity contribution in [3.8, 4) is 5.75 Å². The van der Waals surface area contributed by atoms with Crippen LogP contribution in [0, 0.1) is 0 Å². The lowest BCUT2D eigenvalue weighted by Gasteiger charge is -2.13. The number of hydrogen-bond donors (Lipinski definition) is 2. The van der Waals surface area contributed by atoms with Crippen LogP contribution in [0.2, 0.25) is 0 Å². The monoisotopic (exact) mass is 275 g/mol. The number of rotatable bonds is 6. The molecule has 2 rings (SSSR count). The Morgan fingerprint density at radius 3 is 2.85 bits per heavy atom. The topological polar surface area (TPSA) is 71.7 Å². The number of aliphatic hydroxyl groups excluding tert-OH is 1. The predicted octanol–water partition coefficient (Wildman–Crippen LogP) is 2.03. The number of carbonyl (C=O) groups excluding carboxylic acids is 1. The second kappa shape index (κ2) is 6.77. The molecule has 1 unspecified atom stereocenters. The van der Waals surface area contributed by atoms with Gasteiger partial charge in [-0.3, -0.25) is 4.79 Å². The zero-order valence-corrected chi connectivity index (χ0v) is 11.2. The SMILES string of the molecule is CC(NC(=O)COc1ccccc1CO)c1ccco1. The summed E-state index contributed by atoms with van der Waals surface area (Å²) in [6.45, 7) is 1.60. The molecule has 0 aliphatic heterocycles. The molecule has 20 heavy (non-hydrogen) atoms. The molecule has 1 aromatic carbocycles. The molecule has 0 aliphatic rings. The zero-order valence-electron chi connectivity index (χ0n) is 11.2. The number of aliphatic hydroxyl groups is 1. The van der Waals surface area contributed by atoms with Gasteiger partial charge >= 0.3 is 0 Å². The smallest absolute Gasteiger partial charge is 0.258 e. The molecule has 1 heterocycles. The summed E-state index contributed by atoms with van der Waals surface area (Å²) in [6, 6.07) is 10.4. The molecule has 1 aromatic heterocycles. The average Bonchev–Trinajstić information content (AvgIpc) is 2.99. The van der Waals surface area contributed by atoms with E-state index in [-0.39, 0.29) is 25.2 Å². The number of para-hydroxylation sites is 1. The van der Waals surface area contributed by atoms with Crippen LogP contribution >= 0.6 is 0 Å². The van der Waals surface area contributed by atoms with E-state index in [0.717, 1.165) is 0 Å². The third kappa shape index (κ3) is 3.61. The second-order valence-electron chi connectivity index (χ2n) is 4.36. The summed E-state index contributed by atoms with van der Waals surface area (Å²) < 4.78 is 10.6. The summed E-state index contributed by atoms with van der Waals surface area (Å²) in [4.78, 5) is 11.8. The van der Waals surface area contributed by atoms with Crippen molar-refractivity contribution in [2.24, 2.45) is 0 Å². The fraction of sp³-hybridized carbons (Fsp3) is 0.267. The first kappa shape index (κ1) is 14.1. The molecule has 2 aromatic rings.